The molecule has 1 fully saturated rings. The monoisotopic (exact) mass is 304 g/mol. The van der Waals surface area contributed by atoms with E-state index in [9.17, 15) is 9.50 Å². The van der Waals surface area contributed by atoms with Gasteiger partial charge in [0.25, 0.3) is 0 Å². The van der Waals surface area contributed by atoms with Gasteiger partial charge in [0.2, 0.25) is 0 Å². The van der Waals surface area contributed by atoms with Crippen LogP contribution in [0.2, 0.25) is 0 Å². The Hall–Kier alpha value is -0.490. The van der Waals surface area contributed by atoms with Gasteiger partial charge in [0.15, 0.2) is 0 Å². The van der Waals surface area contributed by atoms with Crippen molar-refractivity contribution in [3.63, 3.8) is 0 Å². The zero-order valence-electron chi connectivity index (χ0n) is 9.23. The first-order chi connectivity index (χ1) is 8.15. The van der Waals surface area contributed by atoms with Gasteiger partial charge in [-0.3, -0.25) is 0 Å². The fourth-order valence-electron chi connectivity index (χ4n) is 1.83. The molecule has 0 aliphatic carbocycles. The van der Waals surface area contributed by atoms with E-state index in [1.807, 2.05) is 0 Å². The summed E-state index contributed by atoms with van der Waals surface area (Å²) < 4.78 is 24.4. The highest BCUT2D eigenvalue weighted by molar-refractivity contribution is 9.10. The predicted octanol–water partition coefficient (Wildman–Crippen LogP) is 1.91. The van der Waals surface area contributed by atoms with Gasteiger partial charge in [-0.2, -0.15) is 0 Å². The van der Waals surface area contributed by atoms with Gasteiger partial charge in [-0.05, 0) is 23.8 Å². The third-order valence-electron chi connectivity index (χ3n) is 2.64. The fraction of sp³-hybridized carbons (Fsp3) is 0.500. The van der Waals surface area contributed by atoms with E-state index >= 15 is 0 Å². The maximum absolute atomic E-state index is 13.2. The summed E-state index contributed by atoms with van der Waals surface area (Å²) in [6.45, 7) is 1.45. The minimum atomic E-state index is -0.677. The van der Waals surface area contributed by atoms with E-state index in [0.717, 1.165) is 5.56 Å². The van der Waals surface area contributed by atoms with E-state index < -0.39 is 6.10 Å². The molecule has 0 saturated carbocycles. The van der Waals surface area contributed by atoms with Crippen molar-refractivity contribution >= 4 is 15.9 Å². The van der Waals surface area contributed by atoms with Gasteiger partial charge in [-0.25, -0.2) is 4.39 Å². The number of benzene rings is 1. The lowest BCUT2D eigenvalue weighted by atomic mass is 10.0. The Labute approximate surface area is 108 Å². The SMILES string of the molecule is OC(Cc1cc(F)cc(Br)c1)C1COCCO1. The normalized spacial score (nSPS) is 22.4. The molecular formula is C12H14BrFO3. The number of hydrogen-bond donors (Lipinski definition) is 1. The average Bonchev–Trinajstić information content (AvgIpc) is 2.28. The van der Waals surface area contributed by atoms with Crippen LogP contribution < -0.4 is 0 Å². The van der Waals surface area contributed by atoms with Crippen LogP contribution in [0, 0.1) is 5.82 Å². The van der Waals surface area contributed by atoms with Gasteiger partial charge in [-0.1, -0.05) is 15.9 Å². The maximum Gasteiger partial charge on any atom is 0.124 e. The molecule has 0 radical (unpaired) electrons. The van der Waals surface area contributed by atoms with Crippen molar-refractivity contribution in [2.75, 3.05) is 19.8 Å². The highest BCUT2D eigenvalue weighted by Crippen LogP contribution is 2.18. The van der Waals surface area contributed by atoms with E-state index in [2.05, 4.69) is 15.9 Å². The van der Waals surface area contributed by atoms with E-state index in [0.29, 0.717) is 30.7 Å². The second-order valence-electron chi connectivity index (χ2n) is 4.03. The number of aliphatic hydroxyl groups excluding tert-OH is 1. The van der Waals surface area contributed by atoms with Crippen molar-refractivity contribution in [1.29, 1.82) is 0 Å². The van der Waals surface area contributed by atoms with Gasteiger partial charge in [0, 0.05) is 10.9 Å². The zero-order chi connectivity index (χ0) is 12.3. The van der Waals surface area contributed by atoms with Crippen LogP contribution in [0.25, 0.3) is 0 Å². The minimum absolute atomic E-state index is 0.317. The molecule has 2 rings (SSSR count). The van der Waals surface area contributed by atoms with Crippen LogP contribution in [0.1, 0.15) is 5.56 Å². The first-order valence-electron chi connectivity index (χ1n) is 5.47. The van der Waals surface area contributed by atoms with Crippen LogP contribution in [0.3, 0.4) is 0 Å². The third kappa shape index (κ3) is 3.74. The molecule has 1 aromatic carbocycles. The Bertz CT molecular complexity index is 360. The lowest BCUT2D eigenvalue weighted by molar-refractivity contribution is -0.131. The van der Waals surface area contributed by atoms with Crippen molar-refractivity contribution in [2.24, 2.45) is 0 Å². The van der Waals surface area contributed by atoms with Crippen molar-refractivity contribution < 1.29 is 19.0 Å². The molecule has 5 heteroatoms. The Morgan fingerprint density at radius 2 is 2.24 bits per heavy atom. The van der Waals surface area contributed by atoms with Gasteiger partial charge in [0.1, 0.15) is 11.9 Å². The Balaban J connectivity index is 1.99. The number of halogens is 2. The van der Waals surface area contributed by atoms with Crippen LogP contribution in [-0.2, 0) is 15.9 Å². The van der Waals surface area contributed by atoms with Gasteiger partial charge >= 0.3 is 0 Å². The smallest absolute Gasteiger partial charge is 0.124 e. The molecule has 1 aliphatic rings. The molecule has 0 spiro atoms. The first-order valence-corrected chi connectivity index (χ1v) is 6.27. The fourth-order valence-corrected chi connectivity index (χ4v) is 2.34. The van der Waals surface area contributed by atoms with Crippen LogP contribution in [0.4, 0.5) is 4.39 Å². The summed E-state index contributed by atoms with van der Waals surface area (Å²) in [5, 5.41) is 9.97. The lowest BCUT2D eigenvalue weighted by Gasteiger charge is -2.27. The van der Waals surface area contributed by atoms with E-state index in [4.69, 9.17) is 9.47 Å². The van der Waals surface area contributed by atoms with Crippen LogP contribution >= 0.6 is 15.9 Å². The standard InChI is InChI=1S/C12H14BrFO3/c13-9-3-8(4-10(14)6-9)5-11(15)12-7-16-1-2-17-12/h3-4,6,11-12,15H,1-2,5,7H2. The second-order valence-corrected chi connectivity index (χ2v) is 4.95. The molecule has 1 saturated heterocycles. The molecule has 94 valence electrons. The summed E-state index contributed by atoms with van der Waals surface area (Å²) in [6.07, 6.45) is -0.653. The van der Waals surface area contributed by atoms with Crippen molar-refractivity contribution in [1.82, 2.24) is 0 Å². The highest BCUT2D eigenvalue weighted by Gasteiger charge is 2.23. The molecule has 1 aliphatic heterocycles. The van der Waals surface area contributed by atoms with E-state index in [1.54, 1.807) is 6.07 Å². The molecule has 0 aromatic heterocycles. The van der Waals surface area contributed by atoms with Gasteiger partial charge < -0.3 is 14.6 Å². The largest absolute Gasteiger partial charge is 0.390 e. The molecular weight excluding hydrogens is 291 g/mol. The molecule has 0 amide bonds. The molecule has 1 heterocycles. The molecule has 2 atom stereocenters. The topological polar surface area (TPSA) is 38.7 Å². The summed E-state index contributed by atoms with van der Waals surface area (Å²) in [6, 6.07) is 4.59. The zero-order valence-corrected chi connectivity index (χ0v) is 10.8. The van der Waals surface area contributed by atoms with Gasteiger partial charge in [-0.15, -0.1) is 0 Å². The molecule has 1 aromatic rings. The van der Waals surface area contributed by atoms with Gasteiger partial charge in [0.05, 0.1) is 25.9 Å². The molecule has 1 N–H and O–H groups in total. The van der Waals surface area contributed by atoms with Crippen LogP contribution in [0.15, 0.2) is 22.7 Å². The predicted molar refractivity (Wildman–Crippen MR) is 64.4 cm³/mol. The molecule has 0 bridgehead atoms. The van der Waals surface area contributed by atoms with Crippen LogP contribution in [0.5, 0.6) is 0 Å². The lowest BCUT2D eigenvalue weighted by Crippen LogP contribution is -2.39. The Morgan fingerprint density at radius 1 is 1.41 bits per heavy atom. The molecule has 3 nitrogen and oxygen atoms in total. The summed E-state index contributed by atoms with van der Waals surface area (Å²) in [5.41, 5.74) is 0.735. The summed E-state index contributed by atoms with van der Waals surface area (Å²) in [7, 11) is 0. The first kappa shape index (κ1) is 13.0. The number of ether oxygens (including phenoxy) is 2. The second kappa shape index (κ2) is 5.91. The van der Waals surface area contributed by atoms with Crippen molar-refractivity contribution in [3.8, 4) is 0 Å². The van der Waals surface area contributed by atoms with Crippen molar-refractivity contribution in [2.45, 2.75) is 18.6 Å². The Morgan fingerprint density at radius 3 is 2.88 bits per heavy atom. The number of hydrogen-bond acceptors (Lipinski definition) is 3. The quantitative estimate of drug-likeness (QED) is 0.927. The summed E-state index contributed by atoms with van der Waals surface area (Å²) in [4.78, 5) is 0. The van der Waals surface area contributed by atoms with Crippen molar-refractivity contribution in [3.05, 3.63) is 34.1 Å². The van der Waals surface area contributed by atoms with E-state index in [-0.39, 0.29) is 11.9 Å². The average molecular weight is 305 g/mol. The maximum atomic E-state index is 13.2. The number of rotatable bonds is 3. The minimum Gasteiger partial charge on any atom is -0.390 e. The van der Waals surface area contributed by atoms with Crippen LogP contribution in [-0.4, -0.2) is 37.1 Å². The molecule has 17 heavy (non-hydrogen) atoms. The third-order valence-corrected chi connectivity index (χ3v) is 3.10. The van der Waals surface area contributed by atoms with E-state index in [1.165, 1.54) is 12.1 Å². The Kier molecular flexibility index (Phi) is 4.50. The highest BCUT2D eigenvalue weighted by atomic mass is 79.9. The summed E-state index contributed by atoms with van der Waals surface area (Å²) in [5.74, 6) is -0.317. The molecule has 2 unspecified atom stereocenters. The summed E-state index contributed by atoms with van der Waals surface area (Å²) >= 11 is 3.22. The number of aliphatic hydroxyl groups is 1.